The molecule has 36 heavy (non-hydrogen) atoms. The zero-order valence-corrected chi connectivity index (χ0v) is 21.2. The second kappa shape index (κ2) is 10.7. The quantitative estimate of drug-likeness (QED) is 0.371. The Kier molecular flexibility index (Phi) is 7.25. The first kappa shape index (κ1) is 24.3. The number of ketones is 2. The van der Waals surface area contributed by atoms with Crippen molar-refractivity contribution in [2.24, 2.45) is 32.0 Å². The van der Waals surface area contributed by atoms with Crippen LogP contribution in [0, 0.1) is 11.8 Å². The van der Waals surface area contributed by atoms with Gasteiger partial charge in [0.2, 0.25) is 0 Å². The van der Waals surface area contributed by atoms with E-state index in [1.54, 1.807) is 12.2 Å². The van der Waals surface area contributed by atoms with Gasteiger partial charge in [0.25, 0.3) is 0 Å². The van der Waals surface area contributed by atoms with E-state index in [-0.39, 0.29) is 28.8 Å². The lowest BCUT2D eigenvalue weighted by molar-refractivity contribution is 0.0947. The van der Waals surface area contributed by atoms with Crippen molar-refractivity contribution in [2.45, 2.75) is 24.6 Å². The summed E-state index contributed by atoms with van der Waals surface area (Å²) in [6.45, 7) is 7.63. The monoisotopic (exact) mass is 512 g/mol. The van der Waals surface area contributed by atoms with Crippen molar-refractivity contribution in [1.29, 1.82) is 0 Å². The van der Waals surface area contributed by atoms with Gasteiger partial charge >= 0.3 is 0 Å². The van der Waals surface area contributed by atoms with E-state index in [2.05, 4.69) is 23.4 Å². The first-order valence-electron chi connectivity index (χ1n) is 11.7. The summed E-state index contributed by atoms with van der Waals surface area (Å²) in [4.78, 5) is 35.7. The van der Waals surface area contributed by atoms with Crippen LogP contribution in [0.15, 0.2) is 105 Å². The number of hydrogen-bond acceptors (Lipinski definition) is 8. The van der Waals surface area contributed by atoms with Crippen LogP contribution in [0.3, 0.4) is 0 Å². The normalized spacial score (nSPS) is 22.7. The smallest absolute Gasteiger partial charge is 0.174 e. The van der Waals surface area contributed by atoms with Gasteiger partial charge in [-0.05, 0) is 43.2 Å². The summed E-state index contributed by atoms with van der Waals surface area (Å²) in [5, 5.41) is 10.9. The Balaban J connectivity index is 1.32. The van der Waals surface area contributed by atoms with Crippen molar-refractivity contribution in [2.75, 3.05) is 0 Å². The molecule has 5 rings (SSSR count). The van der Waals surface area contributed by atoms with E-state index in [9.17, 15) is 9.59 Å². The molecular formula is C28H24N4O2S2. The maximum Gasteiger partial charge on any atom is 0.174 e. The van der Waals surface area contributed by atoms with Gasteiger partial charge in [0, 0.05) is 17.5 Å². The number of benzene rings is 2. The van der Waals surface area contributed by atoms with Crippen molar-refractivity contribution < 1.29 is 9.59 Å². The van der Waals surface area contributed by atoms with Gasteiger partial charge in [0.15, 0.2) is 11.6 Å². The van der Waals surface area contributed by atoms with Crippen LogP contribution in [0.25, 0.3) is 0 Å². The van der Waals surface area contributed by atoms with E-state index in [0.29, 0.717) is 51.8 Å². The number of rotatable bonds is 6. The molecule has 3 aliphatic heterocycles. The van der Waals surface area contributed by atoms with Gasteiger partial charge in [-0.3, -0.25) is 9.59 Å². The molecule has 0 aliphatic carbocycles. The van der Waals surface area contributed by atoms with Crippen molar-refractivity contribution in [3.8, 4) is 0 Å². The molecular weight excluding hydrogens is 488 g/mol. The molecule has 2 aromatic carbocycles. The molecule has 0 saturated carbocycles. The average Bonchev–Trinajstić information content (AvgIpc) is 2.90. The van der Waals surface area contributed by atoms with Gasteiger partial charge in [-0.1, -0.05) is 59.9 Å². The molecule has 2 aromatic rings. The number of carbonyl (C=O) groups excluding carboxylic acids is 2. The number of allylic oxidation sites excluding steroid dienone is 2. The fourth-order valence-electron chi connectivity index (χ4n) is 4.29. The van der Waals surface area contributed by atoms with E-state index in [0.717, 1.165) is 5.04 Å². The Morgan fingerprint density at radius 2 is 1.39 bits per heavy atom. The molecule has 0 N–H and O–H groups in total. The zero-order valence-electron chi connectivity index (χ0n) is 19.5. The third kappa shape index (κ3) is 4.83. The van der Waals surface area contributed by atoms with Crippen LogP contribution in [0.2, 0.25) is 0 Å². The summed E-state index contributed by atoms with van der Waals surface area (Å²) < 4.78 is 0. The summed E-state index contributed by atoms with van der Waals surface area (Å²) in [6, 6.07) is 14.8. The second-order valence-electron chi connectivity index (χ2n) is 8.48. The number of thioether (sulfide) groups is 2. The molecule has 3 atom stereocenters. The van der Waals surface area contributed by atoms with Crippen LogP contribution in [0.4, 0.5) is 11.4 Å². The Morgan fingerprint density at radius 1 is 0.833 bits per heavy atom. The number of azo groups is 1. The number of para-hydroxylation sites is 2. The zero-order chi connectivity index (χ0) is 25.1. The Morgan fingerprint density at radius 3 is 1.94 bits per heavy atom. The summed E-state index contributed by atoms with van der Waals surface area (Å²) in [7, 11) is 0. The average molecular weight is 513 g/mol. The predicted molar refractivity (Wildman–Crippen MR) is 149 cm³/mol. The van der Waals surface area contributed by atoms with Crippen LogP contribution >= 0.6 is 23.5 Å². The topological polar surface area (TPSA) is 83.6 Å². The van der Waals surface area contributed by atoms with Gasteiger partial charge < -0.3 is 0 Å². The summed E-state index contributed by atoms with van der Waals surface area (Å²) in [6.07, 6.45) is 7.20. The van der Waals surface area contributed by atoms with E-state index < -0.39 is 0 Å². The van der Waals surface area contributed by atoms with Crippen molar-refractivity contribution in [3.63, 3.8) is 0 Å². The Hall–Kier alpha value is -3.36. The van der Waals surface area contributed by atoms with Crippen LogP contribution in [-0.4, -0.2) is 27.0 Å². The van der Waals surface area contributed by atoms with E-state index in [1.165, 1.54) is 23.5 Å². The highest BCUT2D eigenvalue weighted by Gasteiger charge is 2.34. The van der Waals surface area contributed by atoms with Crippen molar-refractivity contribution in [1.82, 2.24) is 0 Å². The largest absolute Gasteiger partial charge is 0.293 e. The molecule has 0 radical (unpaired) electrons. The minimum Gasteiger partial charge on any atom is -0.293 e. The third-order valence-corrected chi connectivity index (χ3v) is 8.30. The van der Waals surface area contributed by atoms with Crippen LogP contribution in [-0.2, 0) is 0 Å². The summed E-state index contributed by atoms with van der Waals surface area (Å²) in [5.41, 5.74) is 2.66. The molecule has 0 amide bonds. The minimum absolute atomic E-state index is 0.0540. The van der Waals surface area contributed by atoms with Crippen LogP contribution in [0.5, 0.6) is 0 Å². The lowest BCUT2D eigenvalue weighted by atomic mass is 9.92. The molecule has 6 nitrogen and oxygen atoms in total. The van der Waals surface area contributed by atoms with Gasteiger partial charge in [-0.15, -0.1) is 18.3 Å². The van der Waals surface area contributed by atoms with Crippen molar-refractivity contribution >= 4 is 56.6 Å². The predicted octanol–water partition coefficient (Wildman–Crippen LogP) is 7.71. The van der Waals surface area contributed by atoms with Crippen molar-refractivity contribution in [3.05, 3.63) is 96.1 Å². The van der Waals surface area contributed by atoms with Crippen LogP contribution in [0.1, 0.15) is 40.0 Å². The minimum atomic E-state index is -0.368. The number of aliphatic imine (C=N–C) groups is 2. The molecule has 180 valence electrons. The highest BCUT2D eigenvalue weighted by atomic mass is 32.2. The number of Topliss-reactive ketones (excluding diaryl/α,β-unsaturated/α-hetero) is 2. The molecule has 0 bridgehead atoms. The Labute approximate surface area is 218 Å². The number of nitrogens with zero attached hydrogens (tertiary/aromatic N) is 4. The molecule has 0 unspecified atom stereocenters. The molecule has 0 aromatic heterocycles. The van der Waals surface area contributed by atoms with Gasteiger partial charge in [0.1, 0.15) is 10.4 Å². The third-order valence-electron chi connectivity index (χ3n) is 6.08. The molecule has 0 fully saturated rings. The summed E-state index contributed by atoms with van der Waals surface area (Å²) >= 11 is 2.85. The highest BCUT2D eigenvalue weighted by Crippen LogP contribution is 2.40. The first-order valence-corrected chi connectivity index (χ1v) is 13.4. The molecule has 3 aliphatic rings. The van der Waals surface area contributed by atoms with Crippen LogP contribution < -0.4 is 0 Å². The van der Waals surface area contributed by atoms with Gasteiger partial charge in [0.05, 0.1) is 33.3 Å². The molecule has 3 heterocycles. The van der Waals surface area contributed by atoms with E-state index in [4.69, 9.17) is 9.98 Å². The lowest BCUT2D eigenvalue weighted by Gasteiger charge is -2.25. The number of hydrogen-bond donors (Lipinski definition) is 0. The van der Waals surface area contributed by atoms with Gasteiger partial charge in [-0.25, -0.2) is 9.98 Å². The maximum absolute atomic E-state index is 13.1. The maximum atomic E-state index is 13.1. The summed E-state index contributed by atoms with van der Waals surface area (Å²) in [5.74, 6) is -0.595. The fraction of sp³-hybridized carbons (Fsp3) is 0.214. The molecule has 0 saturated heterocycles. The Bertz CT molecular complexity index is 1380. The van der Waals surface area contributed by atoms with E-state index in [1.807, 2.05) is 54.6 Å². The first-order chi connectivity index (χ1) is 17.6. The second-order valence-corrected chi connectivity index (χ2v) is 10.7. The lowest BCUT2D eigenvalue weighted by Crippen LogP contribution is -2.26. The fourth-order valence-corrected chi connectivity index (χ4v) is 6.35. The molecule has 0 spiro atoms. The number of fused-ring (bicyclic) bond motifs is 2. The van der Waals surface area contributed by atoms with E-state index >= 15 is 0 Å². The molecule has 8 heteroatoms. The SMILES string of the molecule is C=CC[C@@H]1C(=O)c2ccccc2N=C1SC1=CC[C@H](SC2=Nc3ccccc3C(=O)[C@H]2CC=C)N=N1. The number of carbonyl (C=O) groups is 2. The van der Waals surface area contributed by atoms with Gasteiger partial charge in [-0.2, -0.15) is 5.11 Å². The highest BCUT2D eigenvalue weighted by molar-refractivity contribution is 8.17. The standard InChI is InChI=1S/C28H24N4O2S2/c1-3-9-19-25(33)17-11-5-7-13-21(17)29-27(19)35-23-15-16-24(32-31-23)36-28-20(10-4-2)26(34)18-12-6-8-14-22(18)30-28/h3-8,11-15,19-20,24H,1-2,9-10,16H2/t19-,20-,24+/m1/s1.